The van der Waals surface area contributed by atoms with Crippen molar-refractivity contribution in [2.75, 3.05) is 5.32 Å². The van der Waals surface area contributed by atoms with Gasteiger partial charge in [-0.25, -0.2) is 9.98 Å². The maximum Gasteiger partial charge on any atom is 0.270 e. The van der Waals surface area contributed by atoms with E-state index in [4.69, 9.17) is 4.42 Å². The number of thiazole rings is 1. The zero-order valence-corrected chi connectivity index (χ0v) is 16.7. The minimum atomic E-state index is -0.497. The van der Waals surface area contributed by atoms with Crippen molar-refractivity contribution in [3.8, 4) is 0 Å². The second-order valence-corrected chi connectivity index (χ2v) is 7.27. The van der Waals surface area contributed by atoms with Gasteiger partial charge in [-0.1, -0.05) is 19.1 Å². The molecular weight excluding hydrogens is 404 g/mol. The number of nitrogens with zero attached hydrogens (tertiary/aromatic N) is 3. The van der Waals surface area contributed by atoms with Gasteiger partial charge in [-0.2, -0.15) is 0 Å². The molecule has 0 unspecified atom stereocenters. The molecule has 0 saturated carbocycles. The number of nitro groups is 1. The maximum absolute atomic E-state index is 12.9. The number of anilines is 1. The Balaban J connectivity index is 1.89. The fourth-order valence-electron chi connectivity index (χ4n) is 2.89. The van der Waals surface area contributed by atoms with Gasteiger partial charge >= 0.3 is 0 Å². The van der Waals surface area contributed by atoms with Crippen LogP contribution in [-0.2, 0) is 6.42 Å². The Kier molecular flexibility index (Phi) is 5.36. The third-order valence-electron chi connectivity index (χ3n) is 4.39. The van der Waals surface area contributed by atoms with Gasteiger partial charge < -0.3 is 4.42 Å². The second kappa shape index (κ2) is 8.26. The van der Waals surface area contributed by atoms with Crippen LogP contribution >= 0.6 is 11.3 Å². The number of nitrogens with one attached hydrogen (secondary N) is 1. The average Bonchev–Trinajstić information content (AvgIpc) is 3.26. The van der Waals surface area contributed by atoms with Crippen molar-refractivity contribution in [3.05, 3.63) is 86.9 Å². The molecule has 0 atom stereocenters. The number of carbonyl (C=O) groups excluding carboxylic acids is 1. The van der Waals surface area contributed by atoms with Gasteiger partial charge in [0, 0.05) is 29.1 Å². The van der Waals surface area contributed by atoms with E-state index in [1.807, 2.05) is 31.2 Å². The van der Waals surface area contributed by atoms with Gasteiger partial charge in [0.25, 0.3) is 11.6 Å². The SMILES string of the molecule is CCc1cccc(N=c2oc3ccc([N+](=O)[O-])cc3cc2C(=O)Nc2nccs2)c1. The van der Waals surface area contributed by atoms with Crippen LogP contribution in [0.2, 0.25) is 0 Å². The largest absolute Gasteiger partial charge is 0.438 e. The molecule has 9 heteroatoms. The number of benzene rings is 2. The second-order valence-electron chi connectivity index (χ2n) is 6.37. The van der Waals surface area contributed by atoms with Gasteiger partial charge in [-0.05, 0) is 36.2 Å². The number of hydrogen-bond acceptors (Lipinski definition) is 7. The Bertz CT molecular complexity index is 1310. The Morgan fingerprint density at radius 1 is 1.27 bits per heavy atom. The Hall–Kier alpha value is -3.85. The number of hydrogen-bond donors (Lipinski definition) is 1. The van der Waals surface area contributed by atoms with Crippen LogP contribution in [0.1, 0.15) is 22.8 Å². The third-order valence-corrected chi connectivity index (χ3v) is 5.08. The highest BCUT2D eigenvalue weighted by Gasteiger charge is 2.16. The highest BCUT2D eigenvalue weighted by Crippen LogP contribution is 2.22. The summed E-state index contributed by atoms with van der Waals surface area (Å²) >= 11 is 1.28. The molecule has 30 heavy (non-hydrogen) atoms. The molecule has 0 bridgehead atoms. The van der Waals surface area contributed by atoms with Gasteiger partial charge in [0.1, 0.15) is 11.1 Å². The summed E-state index contributed by atoms with van der Waals surface area (Å²) in [5, 5.41) is 16.4. The van der Waals surface area contributed by atoms with Crippen molar-refractivity contribution >= 4 is 44.7 Å². The zero-order valence-electron chi connectivity index (χ0n) is 15.9. The summed E-state index contributed by atoms with van der Waals surface area (Å²) in [6.45, 7) is 2.04. The summed E-state index contributed by atoms with van der Waals surface area (Å²) in [6.07, 6.45) is 2.43. The normalized spacial score (nSPS) is 11.6. The first-order chi connectivity index (χ1) is 14.5. The van der Waals surface area contributed by atoms with Crippen molar-refractivity contribution in [2.45, 2.75) is 13.3 Å². The maximum atomic E-state index is 12.9. The van der Waals surface area contributed by atoms with Crippen LogP contribution in [0.4, 0.5) is 16.5 Å². The molecule has 0 spiro atoms. The summed E-state index contributed by atoms with van der Waals surface area (Å²) in [6, 6.07) is 13.4. The highest BCUT2D eigenvalue weighted by atomic mass is 32.1. The molecule has 2 aromatic heterocycles. The Labute approximate surface area is 174 Å². The summed E-state index contributed by atoms with van der Waals surface area (Å²) in [4.78, 5) is 32.1. The van der Waals surface area contributed by atoms with Crippen molar-refractivity contribution in [3.63, 3.8) is 0 Å². The van der Waals surface area contributed by atoms with Gasteiger partial charge in [0.05, 0.1) is 10.6 Å². The molecule has 0 radical (unpaired) electrons. The fraction of sp³-hybridized carbons (Fsp3) is 0.0952. The monoisotopic (exact) mass is 420 g/mol. The van der Waals surface area contributed by atoms with Crippen LogP contribution < -0.4 is 10.9 Å². The Morgan fingerprint density at radius 3 is 2.87 bits per heavy atom. The van der Waals surface area contributed by atoms with E-state index in [1.165, 1.54) is 35.6 Å². The molecule has 2 heterocycles. The Morgan fingerprint density at radius 2 is 2.13 bits per heavy atom. The predicted molar refractivity (Wildman–Crippen MR) is 114 cm³/mol. The number of rotatable bonds is 5. The van der Waals surface area contributed by atoms with Crippen LogP contribution in [0, 0.1) is 10.1 Å². The van der Waals surface area contributed by atoms with Crippen LogP contribution in [0.25, 0.3) is 11.0 Å². The van der Waals surface area contributed by atoms with Gasteiger partial charge in [-0.15, -0.1) is 11.3 Å². The third kappa shape index (κ3) is 4.11. The zero-order chi connectivity index (χ0) is 21.1. The minimum Gasteiger partial charge on any atom is -0.438 e. The summed E-state index contributed by atoms with van der Waals surface area (Å²) in [7, 11) is 0. The molecular formula is C21H16N4O4S. The first-order valence-electron chi connectivity index (χ1n) is 9.10. The number of aryl methyl sites for hydroxylation is 1. The first kappa shape index (κ1) is 19.5. The van der Waals surface area contributed by atoms with Crippen LogP contribution in [-0.4, -0.2) is 15.8 Å². The van der Waals surface area contributed by atoms with Gasteiger partial charge in [-0.3, -0.25) is 20.2 Å². The van der Waals surface area contributed by atoms with E-state index in [0.717, 1.165) is 12.0 Å². The predicted octanol–water partition coefficient (Wildman–Crippen LogP) is 4.84. The average molecular weight is 420 g/mol. The highest BCUT2D eigenvalue weighted by molar-refractivity contribution is 7.13. The van der Waals surface area contributed by atoms with E-state index in [-0.39, 0.29) is 16.8 Å². The molecule has 1 N–H and O–H groups in total. The molecule has 0 saturated heterocycles. The van der Waals surface area contributed by atoms with Crippen molar-refractivity contribution in [2.24, 2.45) is 4.99 Å². The molecule has 2 aromatic carbocycles. The summed E-state index contributed by atoms with van der Waals surface area (Å²) in [5.41, 5.74) is 2.30. The quantitative estimate of drug-likeness (QED) is 0.367. The van der Waals surface area contributed by atoms with Gasteiger partial charge in [0.15, 0.2) is 5.13 Å². The van der Waals surface area contributed by atoms with Crippen molar-refractivity contribution < 1.29 is 14.1 Å². The lowest BCUT2D eigenvalue weighted by Crippen LogP contribution is -2.21. The molecule has 4 aromatic rings. The van der Waals surface area contributed by atoms with E-state index < -0.39 is 10.8 Å². The molecule has 150 valence electrons. The molecule has 0 aliphatic rings. The molecule has 0 aliphatic heterocycles. The number of fused-ring (bicyclic) bond motifs is 1. The lowest BCUT2D eigenvalue weighted by atomic mass is 10.1. The van der Waals surface area contributed by atoms with Crippen LogP contribution in [0.15, 0.2) is 69.5 Å². The van der Waals surface area contributed by atoms with E-state index in [1.54, 1.807) is 11.6 Å². The van der Waals surface area contributed by atoms with E-state index in [9.17, 15) is 14.9 Å². The number of amides is 1. The van der Waals surface area contributed by atoms with Crippen molar-refractivity contribution in [1.82, 2.24) is 4.98 Å². The first-order valence-corrected chi connectivity index (χ1v) is 9.98. The number of carbonyl (C=O) groups is 1. The smallest absolute Gasteiger partial charge is 0.270 e. The number of aromatic nitrogens is 1. The molecule has 0 fully saturated rings. The van der Waals surface area contributed by atoms with Gasteiger partial charge in [0.2, 0.25) is 5.55 Å². The number of nitro benzene ring substituents is 1. The molecule has 0 aliphatic carbocycles. The lowest BCUT2D eigenvalue weighted by Gasteiger charge is -2.05. The standard InChI is InChI=1S/C21H16N4O4S/c1-2-13-4-3-5-15(10-13)23-20-17(19(26)24-21-22-8-9-30-21)12-14-11-16(25(27)28)6-7-18(14)29-20/h3-12H,2H2,1H3,(H,22,24,26). The fourth-order valence-corrected chi connectivity index (χ4v) is 3.41. The van der Waals surface area contributed by atoms with E-state index in [0.29, 0.717) is 21.8 Å². The number of non-ortho nitro benzene ring substituents is 1. The minimum absolute atomic E-state index is 0.0932. The molecule has 8 nitrogen and oxygen atoms in total. The van der Waals surface area contributed by atoms with Crippen molar-refractivity contribution in [1.29, 1.82) is 0 Å². The van der Waals surface area contributed by atoms with Crippen LogP contribution in [0.5, 0.6) is 0 Å². The topological polar surface area (TPSA) is 111 Å². The van der Waals surface area contributed by atoms with E-state index >= 15 is 0 Å². The molecule has 1 amide bonds. The molecule has 4 rings (SSSR count). The van der Waals surface area contributed by atoms with E-state index in [2.05, 4.69) is 15.3 Å². The lowest BCUT2D eigenvalue weighted by molar-refractivity contribution is -0.384. The van der Waals surface area contributed by atoms with Crippen LogP contribution in [0.3, 0.4) is 0 Å². The summed E-state index contributed by atoms with van der Waals surface area (Å²) < 4.78 is 5.88. The summed E-state index contributed by atoms with van der Waals surface area (Å²) in [5.74, 6) is -0.465.